The average Bonchev–Trinajstić information content (AvgIpc) is 2.72. The first-order valence-corrected chi connectivity index (χ1v) is 6.99. The molecule has 17 heavy (non-hydrogen) atoms. The number of benzene rings is 1. The van der Waals surface area contributed by atoms with E-state index in [1.165, 1.54) is 10.5 Å². The summed E-state index contributed by atoms with van der Waals surface area (Å²) in [5.41, 5.74) is 1.36. The largest absolute Gasteiger partial charge is 0.486 e. The molecule has 4 heteroatoms. The van der Waals surface area contributed by atoms with Crippen molar-refractivity contribution in [3.8, 4) is 11.5 Å². The van der Waals surface area contributed by atoms with Crippen molar-refractivity contribution < 1.29 is 9.47 Å². The van der Waals surface area contributed by atoms with Crippen molar-refractivity contribution in [3.63, 3.8) is 0 Å². The Bertz CT molecular complexity index is 436. The quantitative estimate of drug-likeness (QED) is 0.875. The molecule has 1 aromatic carbocycles. The van der Waals surface area contributed by atoms with Gasteiger partial charge in [-0.1, -0.05) is 6.92 Å². The predicted octanol–water partition coefficient (Wildman–Crippen LogP) is 2.60. The minimum atomic E-state index is 0.427. The highest BCUT2D eigenvalue weighted by Gasteiger charge is 2.33. The van der Waals surface area contributed by atoms with Crippen LogP contribution in [0, 0.1) is 0 Å². The van der Waals surface area contributed by atoms with Crippen LogP contribution in [0.3, 0.4) is 0 Å². The van der Waals surface area contributed by atoms with E-state index < -0.39 is 0 Å². The van der Waals surface area contributed by atoms with Gasteiger partial charge < -0.3 is 14.8 Å². The molecular formula is C13H17NO2S. The van der Waals surface area contributed by atoms with E-state index in [4.69, 9.17) is 9.47 Å². The molecule has 2 atom stereocenters. The van der Waals surface area contributed by atoms with E-state index in [0.717, 1.165) is 17.9 Å². The molecule has 2 aliphatic heterocycles. The molecule has 2 aliphatic rings. The van der Waals surface area contributed by atoms with Gasteiger partial charge >= 0.3 is 0 Å². The lowest BCUT2D eigenvalue weighted by Crippen LogP contribution is -2.23. The van der Waals surface area contributed by atoms with Gasteiger partial charge in [0, 0.05) is 16.2 Å². The van der Waals surface area contributed by atoms with Crippen LogP contribution in [0.2, 0.25) is 0 Å². The number of rotatable bonds is 2. The molecule has 0 bridgehead atoms. The Kier molecular flexibility index (Phi) is 2.92. The lowest BCUT2D eigenvalue weighted by atomic mass is 10.0. The highest BCUT2D eigenvalue weighted by Crippen LogP contribution is 2.49. The molecule has 0 saturated heterocycles. The highest BCUT2D eigenvalue weighted by molar-refractivity contribution is 8.00. The van der Waals surface area contributed by atoms with E-state index in [2.05, 4.69) is 24.4 Å². The van der Waals surface area contributed by atoms with Crippen molar-refractivity contribution in [2.24, 2.45) is 0 Å². The molecule has 2 heterocycles. The Morgan fingerprint density at radius 3 is 2.65 bits per heavy atom. The van der Waals surface area contributed by atoms with E-state index in [-0.39, 0.29) is 0 Å². The van der Waals surface area contributed by atoms with Gasteiger partial charge in [-0.25, -0.2) is 0 Å². The fourth-order valence-corrected chi connectivity index (χ4v) is 3.93. The summed E-state index contributed by atoms with van der Waals surface area (Å²) in [6.45, 7) is 3.55. The van der Waals surface area contributed by atoms with E-state index in [9.17, 15) is 0 Å². The summed E-state index contributed by atoms with van der Waals surface area (Å²) in [6, 6.07) is 4.71. The van der Waals surface area contributed by atoms with Crippen LogP contribution < -0.4 is 14.8 Å². The monoisotopic (exact) mass is 251 g/mol. The molecule has 0 fully saturated rings. The Balaban J connectivity index is 2.02. The average molecular weight is 251 g/mol. The van der Waals surface area contributed by atoms with Crippen molar-refractivity contribution in [2.75, 3.05) is 20.3 Å². The normalized spacial score (nSPS) is 25.8. The van der Waals surface area contributed by atoms with Gasteiger partial charge in [0.2, 0.25) is 0 Å². The van der Waals surface area contributed by atoms with Gasteiger partial charge in [0.15, 0.2) is 11.5 Å². The SMILES string of the molecule is CCC1Sc2cc3c(cc2C1NC)OCCO3. The molecule has 3 nitrogen and oxygen atoms in total. The van der Waals surface area contributed by atoms with Crippen molar-refractivity contribution in [1.29, 1.82) is 0 Å². The van der Waals surface area contributed by atoms with Gasteiger partial charge in [-0.05, 0) is 31.2 Å². The summed E-state index contributed by atoms with van der Waals surface area (Å²) in [6.07, 6.45) is 1.16. The van der Waals surface area contributed by atoms with Gasteiger partial charge in [0.05, 0.1) is 0 Å². The zero-order chi connectivity index (χ0) is 11.8. The van der Waals surface area contributed by atoms with Crippen LogP contribution in [-0.4, -0.2) is 25.5 Å². The van der Waals surface area contributed by atoms with Crippen molar-refractivity contribution in [2.45, 2.75) is 29.5 Å². The Morgan fingerprint density at radius 1 is 1.29 bits per heavy atom. The third kappa shape index (κ3) is 1.79. The second kappa shape index (κ2) is 4.42. The van der Waals surface area contributed by atoms with Crippen LogP contribution in [0.4, 0.5) is 0 Å². The second-order valence-corrected chi connectivity index (χ2v) is 5.65. The summed E-state index contributed by atoms with van der Waals surface area (Å²) in [5, 5.41) is 4.02. The fraction of sp³-hybridized carbons (Fsp3) is 0.538. The van der Waals surface area contributed by atoms with Crippen molar-refractivity contribution in [3.05, 3.63) is 17.7 Å². The fourth-order valence-electron chi connectivity index (χ4n) is 2.52. The smallest absolute Gasteiger partial charge is 0.162 e. The van der Waals surface area contributed by atoms with Crippen LogP contribution in [0.15, 0.2) is 17.0 Å². The standard InChI is InChI=1S/C13H17NO2S/c1-3-11-13(14-2)8-6-9-10(7-12(8)17-11)16-5-4-15-9/h6-7,11,13-14H,3-5H2,1-2H3. The molecule has 2 unspecified atom stereocenters. The minimum Gasteiger partial charge on any atom is -0.486 e. The molecule has 0 amide bonds. The zero-order valence-electron chi connectivity index (χ0n) is 10.2. The molecule has 92 valence electrons. The van der Waals surface area contributed by atoms with E-state index >= 15 is 0 Å². The number of ether oxygens (including phenoxy) is 2. The van der Waals surface area contributed by atoms with E-state index in [0.29, 0.717) is 24.5 Å². The number of hydrogen-bond donors (Lipinski definition) is 1. The molecule has 1 aromatic rings. The van der Waals surface area contributed by atoms with E-state index in [1.807, 2.05) is 18.8 Å². The molecule has 0 aromatic heterocycles. The molecule has 0 saturated carbocycles. The molecule has 0 spiro atoms. The van der Waals surface area contributed by atoms with Crippen LogP contribution in [0.1, 0.15) is 24.9 Å². The maximum Gasteiger partial charge on any atom is 0.162 e. The number of hydrogen-bond acceptors (Lipinski definition) is 4. The highest BCUT2D eigenvalue weighted by atomic mass is 32.2. The molecule has 0 aliphatic carbocycles. The summed E-state index contributed by atoms with van der Waals surface area (Å²) in [7, 11) is 2.03. The lowest BCUT2D eigenvalue weighted by Gasteiger charge is -2.21. The zero-order valence-corrected chi connectivity index (χ0v) is 11.0. The van der Waals surface area contributed by atoms with Crippen molar-refractivity contribution >= 4 is 11.8 Å². The van der Waals surface area contributed by atoms with Crippen LogP contribution in [0.25, 0.3) is 0 Å². The predicted molar refractivity (Wildman–Crippen MR) is 69.2 cm³/mol. The topological polar surface area (TPSA) is 30.5 Å². The summed E-state index contributed by atoms with van der Waals surface area (Å²) in [4.78, 5) is 1.33. The number of nitrogens with one attached hydrogen (secondary N) is 1. The Labute approximate surface area is 106 Å². The van der Waals surface area contributed by atoms with Crippen LogP contribution in [0.5, 0.6) is 11.5 Å². The molecule has 3 rings (SSSR count). The van der Waals surface area contributed by atoms with Gasteiger partial charge in [-0.3, -0.25) is 0 Å². The Hall–Kier alpha value is -0.870. The molecule has 0 radical (unpaired) electrons. The molecular weight excluding hydrogens is 234 g/mol. The van der Waals surface area contributed by atoms with Gasteiger partial charge in [0.25, 0.3) is 0 Å². The van der Waals surface area contributed by atoms with Gasteiger partial charge in [-0.2, -0.15) is 0 Å². The summed E-state index contributed by atoms with van der Waals surface area (Å²) < 4.78 is 11.3. The van der Waals surface area contributed by atoms with Gasteiger partial charge in [-0.15, -0.1) is 11.8 Å². The van der Waals surface area contributed by atoms with Crippen LogP contribution >= 0.6 is 11.8 Å². The first-order chi connectivity index (χ1) is 8.33. The second-order valence-electron chi connectivity index (χ2n) is 4.36. The first-order valence-electron chi connectivity index (χ1n) is 6.11. The number of fused-ring (bicyclic) bond motifs is 2. The number of thioether (sulfide) groups is 1. The Morgan fingerprint density at radius 2 is 2.00 bits per heavy atom. The summed E-state index contributed by atoms with van der Waals surface area (Å²) in [5.74, 6) is 1.79. The minimum absolute atomic E-state index is 0.427. The molecule has 1 N–H and O–H groups in total. The van der Waals surface area contributed by atoms with Gasteiger partial charge in [0.1, 0.15) is 13.2 Å². The third-order valence-corrected chi connectivity index (χ3v) is 4.89. The lowest BCUT2D eigenvalue weighted by molar-refractivity contribution is 0.170. The maximum absolute atomic E-state index is 5.65. The maximum atomic E-state index is 5.65. The van der Waals surface area contributed by atoms with Crippen LogP contribution in [-0.2, 0) is 0 Å². The third-order valence-electron chi connectivity index (χ3n) is 3.37. The first kappa shape index (κ1) is 11.2. The van der Waals surface area contributed by atoms with E-state index in [1.54, 1.807) is 0 Å². The summed E-state index contributed by atoms with van der Waals surface area (Å²) >= 11 is 1.94. The van der Waals surface area contributed by atoms with Crippen molar-refractivity contribution in [1.82, 2.24) is 5.32 Å².